The molecule has 1 aliphatic rings. The van der Waals surface area contributed by atoms with Crippen LogP contribution in [0.4, 0.5) is 5.69 Å². The van der Waals surface area contributed by atoms with E-state index >= 15 is 0 Å². The molecule has 2 amide bonds. The predicted molar refractivity (Wildman–Crippen MR) is 129 cm³/mol. The van der Waals surface area contributed by atoms with Crippen molar-refractivity contribution >= 4 is 17.5 Å². The molecule has 0 heterocycles. The summed E-state index contributed by atoms with van der Waals surface area (Å²) in [5.74, 6) is 0.325. The van der Waals surface area contributed by atoms with Gasteiger partial charge in [-0.2, -0.15) is 0 Å². The maximum absolute atomic E-state index is 12.8. The minimum Gasteiger partial charge on any atom is -0.345 e. The molecule has 3 aromatic rings. The standard InChI is InChI=1S/C28H30N2O2/c31-27(29-25-18-16-22(17-19-25)21-10-4-1-5-11-21)20-26(23-12-6-2-7-13-23)30-28(32)24-14-8-3-9-15-24/h2-3,6-9,12-19,21,26H,1,4-5,10-11,20H2,(H,29,31)(H,30,32)/t26-/m1/s1. The molecule has 1 saturated carbocycles. The number of benzene rings is 3. The van der Waals surface area contributed by atoms with Gasteiger partial charge in [0.25, 0.3) is 5.91 Å². The van der Waals surface area contributed by atoms with Crippen LogP contribution >= 0.6 is 0 Å². The zero-order valence-electron chi connectivity index (χ0n) is 18.3. The molecular formula is C28H30N2O2. The van der Waals surface area contributed by atoms with Crippen molar-refractivity contribution in [3.8, 4) is 0 Å². The average Bonchev–Trinajstić information content (AvgIpc) is 2.85. The van der Waals surface area contributed by atoms with E-state index in [4.69, 9.17) is 0 Å². The monoisotopic (exact) mass is 426 g/mol. The Hall–Kier alpha value is -3.40. The van der Waals surface area contributed by atoms with Crippen molar-refractivity contribution in [3.05, 3.63) is 102 Å². The van der Waals surface area contributed by atoms with Gasteiger partial charge in [0.05, 0.1) is 12.5 Å². The highest BCUT2D eigenvalue weighted by Gasteiger charge is 2.20. The fraction of sp³-hybridized carbons (Fsp3) is 0.286. The molecule has 0 radical (unpaired) electrons. The average molecular weight is 427 g/mol. The second-order valence-electron chi connectivity index (χ2n) is 8.51. The molecule has 0 unspecified atom stereocenters. The predicted octanol–water partition coefficient (Wildman–Crippen LogP) is 6.23. The lowest BCUT2D eigenvalue weighted by atomic mass is 9.84. The van der Waals surface area contributed by atoms with E-state index in [1.165, 1.54) is 37.7 Å². The van der Waals surface area contributed by atoms with E-state index in [9.17, 15) is 9.59 Å². The van der Waals surface area contributed by atoms with E-state index in [0.29, 0.717) is 11.5 Å². The highest BCUT2D eigenvalue weighted by Crippen LogP contribution is 2.33. The third kappa shape index (κ3) is 5.85. The maximum Gasteiger partial charge on any atom is 0.251 e. The third-order valence-electron chi connectivity index (χ3n) is 6.20. The largest absolute Gasteiger partial charge is 0.345 e. The summed E-state index contributed by atoms with van der Waals surface area (Å²) in [6.07, 6.45) is 6.62. The van der Waals surface area contributed by atoms with Gasteiger partial charge in [0.15, 0.2) is 0 Å². The summed E-state index contributed by atoms with van der Waals surface area (Å²) in [5, 5.41) is 6.01. The molecule has 1 atom stereocenters. The normalized spacial score (nSPS) is 15.0. The number of amides is 2. The van der Waals surface area contributed by atoms with E-state index in [-0.39, 0.29) is 18.2 Å². The number of rotatable bonds is 7. The Kier molecular flexibility index (Phi) is 7.34. The van der Waals surface area contributed by atoms with Crippen molar-refractivity contribution in [1.29, 1.82) is 0 Å². The van der Waals surface area contributed by atoms with E-state index in [2.05, 4.69) is 22.8 Å². The first-order chi connectivity index (χ1) is 15.7. The first-order valence-corrected chi connectivity index (χ1v) is 11.5. The molecule has 0 aromatic heterocycles. The Bertz CT molecular complexity index is 1010. The van der Waals surface area contributed by atoms with Gasteiger partial charge < -0.3 is 10.6 Å². The summed E-state index contributed by atoms with van der Waals surface area (Å²) >= 11 is 0. The second kappa shape index (κ2) is 10.8. The summed E-state index contributed by atoms with van der Waals surface area (Å²) in [5.41, 5.74) is 3.63. The maximum atomic E-state index is 12.8. The van der Waals surface area contributed by atoms with Crippen LogP contribution in [0.3, 0.4) is 0 Å². The zero-order valence-corrected chi connectivity index (χ0v) is 18.3. The number of anilines is 1. The van der Waals surface area contributed by atoms with Crippen molar-refractivity contribution < 1.29 is 9.59 Å². The van der Waals surface area contributed by atoms with E-state index in [0.717, 1.165) is 11.3 Å². The Morgan fingerprint density at radius 3 is 2.06 bits per heavy atom. The van der Waals surface area contributed by atoms with E-state index in [1.54, 1.807) is 12.1 Å². The van der Waals surface area contributed by atoms with Gasteiger partial charge in [-0.3, -0.25) is 9.59 Å². The molecule has 4 rings (SSSR count). The fourth-order valence-electron chi connectivity index (χ4n) is 4.44. The molecule has 1 aliphatic carbocycles. The fourth-order valence-corrected chi connectivity index (χ4v) is 4.44. The van der Waals surface area contributed by atoms with Gasteiger partial charge in [-0.15, -0.1) is 0 Å². The summed E-state index contributed by atoms with van der Waals surface area (Å²) in [4.78, 5) is 25.6. The second-order valence-corrected chi connectivity index (χ2v) is 8.51. The van der Waals surface area contributed by atoms with Gasteiger partial charge >= 0.3 is 0 Å². The van der Waals surface area contributed by atoms with Gasteiger partial charge in [-0.25, -0.2) is 0 Å². The van der Waals surface area contributed by atoms with Crippen LogP contribution in [0, 0.1) is 0 Å². The number of hydrogen-bond acceptors (Lipinski definition) is 2. The Morgan fingerprint density at radius 1 is 0.781 bits per heavy atom. The van der Waals surface area contributed by atoms with E-state index < -0.39 is 6.04 Å². The first-order valence-electron chi connectivity index (χ1n) is 11.5. The molecule has 2 N–H and O–H groups in total. The van der Waals surface area contributed by atoms with Gasteiger partial charge in [0.1, 0.15) is 0 Å². The molecule has 0 spiro atoms. The number of carbonyl (C=O) groups is 2. The molecule has 0 bridgehead atoms. The van der Waals surface area contributed by atoms with Crippen LogP contribution in [-0.4, -0.2) is 11.8 Å². The Morgan fingerprint density at radius 2 is 1.41 bits per heavy atom. The lowest BCUT2D eigenvalue weighted by molar-refractivity contribution is -0.116. The topological polar surface area (TPSA) is 58.2 Å². The van der Waals surface area contributed by atoms with Crippen LogP contribution in [0.15, 0.2) is 84.9 Å². The summed E-state index contributed by atoms with van der Waals surface area (Å²) in [6, 6.07) is 26.5. The smallest absolute Gasteiger partial charge is 0.251 e. The number of hydrogen-bond donors (Lipinski definition) is 2. The molecule has 1 fully saturated rings. The number of carbonyl (C=O) groups excluding carboxylic acids is 2. The lowest BCUT2D eigenvalue weighted by Gasteiger charge is -2.22. The lowest BCUT2D eigenvalue weighted by Crippen LogP contribution is -2.31. The Balaban J connectivity index is 1.41. The van der Waals surface area contributed by atoms with Crippen LogP contribution in [-0.2, 0) is 4.79 Å². The van der Waals surface area contributed by atoms with Crippen LogP contribution in [0.5, 0.6) is 0 Å². The van der Waals surface area contributed by atoms with Crippen molar-refractivity contribution in [1.82, 2.24) is 5.32 Å². The highest BCUT2D eigenvalue weighted by molar-refractivity contribution is 5.95. The molecule has 4 nitrogen and oxygen atoms in total. The molecular weight excluding hydrogens is 396 g/mol. The van der Waals surface area contributed by atoms with Gasteiger partial charge in [0, 0.05) is 11.3 Å². The molecule has 164 valence electrons. The van der Waals surface area contributed by atoms with Crippen LogP contribution in [0.1, 0.15) is 72.0 Å². The summed E-state index contributed by atoms with van der Waals surface area (Å²) < 4.78 is 0. The van der Waals surface area contributed by atoms with Gasteiger partial charge in [-0.1, -0.05) is 79.9 Å². The van der Waals surface area contributed by atoms with Crippen molar-refractivity contribution in [3.63, 3.8) is 0 Å². The SMILES string of the molecule is O=C(C[C@@H](NC(=O)c1ccccc1)c1ccccc1)Nc1ccc(C2CCCCC2)cc1. The van der Waals surface area contributed by atoms with Crippen molar-refractivity contribution in [2.75, 3.05) is 5.32 Å². The van der Waals surface area contributed by atoms with Crippen molar-refractivity contribution in [2.45, 2.75) is 50.5 Å². The molecule has 3 aromatic carbocycles. The Labute approximate surface area is 190 Å². The molecule has 32 heavy (non-hydrogen) atoms. The van der Waals surface area contributed by atoms with Crippen LogP contribution in [0.2, 0.25) is 0 Å². The minimum atomic E-state index is -0.412. The third-order valence-corrected chi connectivity index (χ3v) is 6.20. The quantitative estimate of drug-likeness (QED) is 0.470. The van der Waals surface area contributed by atoms with Gasteiger partial charge in [-0.05, 0) is 54.2 Å². The van der Waals surface area contributed by atoms with Crippen LogP contribution in [0.25, 0.3) is 0 Å². The number of nitrogens with one attached hydrogen (secondary N) is 2. The molecule has 0 aliphatic heterocycles. The first kappa shape index (κ1) is 21.8. The van der Waals surface area contributed by atoms with Crippen molar-refractivity contribution in [2.24, 2.45) is 0 Å². The summed E-state index contributed by atoms with van der Waals surface area (Å²) in [6.45, 7) is 0. The van der Waals surface area contributed by atoms with Crippen LogP contribution < -0.4 is 10.6 Å². The molecule has 0 saturated heterocycles. The van der Waals surface area contributed by atoms with Gasteiger partial charge in [0.2, 0.25) is 5.91 Å². The zero-order chi connectivity index (χ0) is 22.2. The summed E-state index contributed by atoms with van der Waals surface area (Å²) in [7, 11) is 0. The van der Waals surface area contributed by atoms with E-state index in [1.807, 2.05) is 60.7 Å². The minimum absolute atomic E-state index is 0.127. The highest BCUT2D eigenvalue weighted by atomic mass is 16.2. The molecule has 4 heteroatoms.